The molecule has 96 valence electrons. The molecule has 0 saturated carbocycles. The minimum Gasteiger partial charge on any atom is -0.350 e. The van der Waals surface area contributed by atoms with E-state index in [-0.39, 0.29) is 11.4 Å². The normalized spacial score (nSPS) is 11.8. The van der Waals surface area contributed by atoms with Crippen LogP contribution < -0.4 is 5.32 Å². The van der Waals surface area contributed by atoms with Crippen molar-refractivity contribution in [2.75, 3.05) is 0 Å². The second-order valence-electron chi connectivity index (χ2n) is 5.44. The molecule has 0 saturated heterocycles. The number of nitrogens with one attached hydrogen (secondary N) is 1. The molecule has 0 aliphatic heterocycles. The Morgan fingerprint density at radius 3 is 2.72 bits per heavy atom. The summed E-state index contributed by atoms with van der Waals surface area (Å²) in [5.74, 6) is 0.00921. The Bertz CT molecular complexity index is 581. The summed E-state index contributed by atoms with van der Waals surface area (Å²) in [6.07, 6.45) is 1.91. The molecule has 1 aromatic heterocycles. The highest BCUT2D eigenvalue weighted by molar-refractivity contribution is 6.31. The lowest BCUT2D eigenvalue weighted by Gasteiger charge is -2.20. The summed E-state index contributed by atoms with van der Waals surface area (Å²) in [4.78, 5) is 11.9. The number of aromatic nitrogens is 1. The molecule has 1 heterocycles. The number of nitrogens with zero attached hydrogens (tertiary/aromatic N) is 1. The third-order valence-corrected chi connectivity index (χ3v) is 2.80. The molecule has 0 aliphatic carbocycles. The van der Waals surface area contributed by atoms with Crippen LogP contribution in [0.4, 0.5) is 0 Å². The first-order valence-corrected chi connectivity index (χ1v) is 6.28. The van der Waals surface area contributed by atoms with Gasteiger partial charge in [-0.05, 0) is 45.0 Å². The number of hydrogen-bond donors (Lipinski definition) is 1. The molecule has 3 nitrogen and oxygen atoms in total. The first-order chi connectivity index (χ1) is 8.35. The molecule has 0 unspecified atom stereocenters. The number of carbonyl (C=O) groups is 1. The molecule has 0 atom stereocenters. The molecule has 0 spiro atoms. The van der Waals surface area contributed by atoms with Crippen LogP contribution in [0.1, 0.15) is 20.8 Å². The van der Waals surface area contributed by atoms with Gasteiger partial charge in [-0.3, -0.25) is 4.79 Å². The molecule has 4 heteroatoms. The van der Waals surface area contributed by atoms with E-state index in [0.29, 0.717) is 11.6 Å². The predicted octanol–water partition coefficient (Wildman–Crippen LogP) is 3.21. The number of amides is 1. The Morgan fingerprint density at radius 2 is 2.06 bits per heavy atom. The van der Waals surface area contributed by atoms with Crippen LogP contribution in [0.25, 0.3) is 10.9 Å². The zero-order valence-electron chi connectivity index (χ0n) is 10.8. The van der Waals surface area contributed by atoms with Gasteiger partial charge in [0.1, 0.15) is 6.54 Å². The van der Waals surface area contributed by atoms with Gasteiger partial charge in [0, 0.05) is 27.7 Å². The largest absolute Gasteiger partial charge is 0.350 e. The van der Waals surface area contributed by atoms with E-state index in [9.17, 15) is 4.79 Å². The van der Waals surface area contributed by atoms with Gasteiger partial charge in [0.2, 0.25) is 5.91 Å². The number of fused-ring (bicyclic) bond motifs is 1. The second-order valence-corrected chi connectivity index (χ2v) is 5.88. The van der Waals surface area contributed by atoms with Crippen LogP contribution in [0.3, 0.4) is 0 Å². The van der Waals surface area contributed by atoms with Crippen molar-refractivity contribution in [2.45, 2.75) is 32.9 Å². The highest BCUT2D eigenvalue weighted by Gasteiger charge is 2.14. The van der Waals surface area contributed by atoms with E-state index in [2.05, 4.69) is 5.32 Å². The van der Waals surface area contributed by atoms with Gasteiger partial charge in [0.25, 0.3) is 0 Å². The summed E-state index contributed by atoms with van der Waals surface area (Å²) in [5.41, 5.74) is 0.812. The number of halogens is 1. The third-order valence-electron chi connectivity index (χ3n) is 2.56. The van der Waals surface area contributed by atoms with E-state index in [1.54, 1.807) is 0 Å². The zero-order valence-corrected chi connectivity index (χ0v) is 11.6. The lowest BCUT2D eigenvalue weighted by atomic mass is 10.1. The molecule has 1 N–H and O–H groups in total. The van der Waals surface area contributed by atoms with E-state index in [0.717, 1.165) is 10.9 Å². The molecule has 2 rings (SSSR count). The molecule has 18 heavy (non-hydrogen) atoms. The maximum Gasteiger partial charge on any atom is 0.240 e. The highest BCUT2D eigenvalue weighted by Crippen LogP contribution is 2.20. The molecule has 1 amide bonds. The number of benzene rings is 1. The van der Waals surface area contributed by atoms with E-state index in [4.69, 9.17) is 11.6 Å². The van der Waals surface area contributed by atoms with Crippen LogP contribution in [0.2, 0.25) is 5.02 Å². The molecular weight excluding hydrogens is 248 g/mol. The van der Waals surface area contributed by atoms with Crippen LogP contribution in [0.5, 0.6) is 0 Å². The topological polar surface area (TPSA) is 34.0 Å². The standard InChI is InChI=1S/C14H17ClN2O/c1-14(2,3)16-13(18)9-17-7-6-10-8-11(15)4-5-12(10)17/h4-8H,9H2,1-3H3,(H,16,18). The quantitative estimate of drug-likeness (QED) is 0.888. The summed E-state index contributed by atoms with van der Waals surface area (Å²) in [5, 5.41) is 4.70. The van der Waals surface area contributed by atoms with E-state index >= 15 is 0 Å². The summed E-state index contributed by atoms with van der Waals surface area (Å²) in [6, 6.07) is 7.63. The van der Waals surface area contributed by atoms with Gasteiger partial charge in [-0.25, -0.2) is 0 Å². The summed E-state index contributed by atoms with van der Waals surface area (Å²) in [6.45, 7) is 6.23. The van der Waals surface area contributed by atoms with E-state index in [1.807, 2.05) is 55.8 Å². The Morgan fingerprint density at radius 1 is 1.33 bits per heavy atom. The monoisotopic (exact) mass is 264 g/mol. The minimum absolute atomic E-state index is 0.00921. The van der Waals surface area contributed by atoms with Crippen molar-refractivity contribution in [1.29, 1.82) is 0 Å². The fourth-order valence-electron chi connectivity index (χ4n) is 1.92. The SMILES string of the molecule is CC(C)(C)NC(=O)Cn1ccc2cc(Cl)ccc21. The van der Waals surface area contributed by atoms with Gasteiger partial charge in [-0.2, -0.15) is 0 Å². The second kappa shape index (κ2) is 4.65. The van der Waals surface area contributed by atoms with Crippen LogP contribution in [-0.2, 0) is 11.3 Å². The maximum atomic E-state index is 11.9. The summed E-state index contributed by atoms with van der Waals surface area (Å²) in [7, 11) is 0. The van der Waals surface area contributed by atoms with Crippen molar-refractivity contribution in [3.63, 3.8) is 0 Å². The van der Waals surface area contributed by atoms with Crippen molar-refractivity contribution in [3.8, 4) is 0 Å². The van der Waals surface area contributed by atoms with Gasteiger partial charge in [0.15, 0.2) is 0 Å². The molecule has 0 aliphatic rings. The first-order valence-electron chi connectivity index (χ1n) is 5.90. The van der Waals surface area contributed by atoms with Crippen LogP contribution in [-0.4, -0.2) is 16.0 Å². The van der Waals surface area contributed by atoms with Crippen molar-refractivity contribution >= 4 is 28.4 Å². The third kappa shape index (κ3) is 3.05. The van der Waals surface area contributed by atoms with E-state index in [1.165, 1.54) is 0 Å². The Labute approximate surface area is 112 Å². The minimum atomic E-state index is -0.205. The van der Waals surface area contributed by atoms with Crippen molar-refractivity contribution in [1.82, 2.24) is 9.88 Å². The average molecular weight is 265 g/mol. The van der Waals surface area contributed by atoms with E-state index < -0.39 is 0 Å². The smallest absolute Gasteiger partial charge is 0.240 e. The maximum absolute atomic E-state index is 11.9. The predicted molar refractivity (Wildman–Crippen MR) is 74.8 cm³/mol. The van der Waals surface area contributed by atoms with Gasteiger partial charge >= 0.3 is 0 Å². The summed E-state index contributed by atoms with van der Waals surface area (Å²) < 4.78 is 1.92. The Balaban J connectivity index is 2.20. The van der Waals surface area contributed by atoms with Gasteiger partial charge < -0.3 is 9.88 Å². The number of hydrogen-bond acceptors (Lipinski definition) is 1. The molecular formula is C14H17ClN2O. The summed E-state index contributed by atoms with van der Waals surface area (Å²) >= 11 is 5.93. The fraction of sp³-hybridized carbons (Fsp3) is 0.357. The molecule has 0 radical (unpaired) electrons. The Hall–Kier alpha value is -1.48. The van der Waals surface area contributed by atoms with Gasteiger partial charge in [0.05, 0.1) is 0 Å². The van der Waals surface area contributed by atoms with Crippen LogP contribution >= 0.6 is 11.6 Å². The van der Waals surface area contributed by atoms with Crippen molar-refractivity contribution in [3.05, 3.63) is 35.5 Å². The zero-order chi connectivity index (χ0) is 13.3. The molecule has 0 fully saturated rings. The number of rotatable bonds is 2. The first kappa shape index (κ1) is 13.0. The molecule has 1 aromatic carbocycles. The van der Waals surface area contributed by atoms with Crippen LogP contribution in [0, 0.1) is 0 Å². The van der Waals surface area contributed by atoms with Gasteiger partial charge in [-0.1, -0.05) is 11.6 Å². The molecule has 2 aromatic rings. The van der Waals surface area contributed by atoms with Gasteiger partial charge in [-0.15, -0.1) is 0 Å². The lowest BCUT2D eigenvalue weighted by Crippen LogP contribution is -2.42. The Kier molecular flexibility index (Phi) is 3.35. The molecule has 0 bridgehead atoms. The lowest BCUT2D eigenvalue weighted by molar-refractivity contribution is -0.123. The average Bonchev–Trinajstić information content (AvgIpc) is 2.57. The highest BCUT2D eigenvalue weighted by atomic mass is 35.5. The van der Waals surface area contributed by atoms with Crippen molar-refractivity contribution < 1.29 is 4.79 Å². The number of carbonyl (C=O) groups excluding carboxylic acids is 1. The van der Waals surface area contributed by atoms with Crippen LogP contribution in [0.15, 0.2) is 30.5 Å². The fourth-order valence-corrected chi connectivity index (χ4v) is 2.10. The van der Waals surface area contributed by atoms with Crippen molar-refractivity contribution in [2.24, 2.45) is 0 Å².